The molecule has 1 heterocycles. The average molecular weight is 260 g/mol. The Bertz CT molecular complexity index is 547. The fourth-order valence-electron chi connectivity index (χ4n) is 1.99. The van der Waals surface area contributed by atoms with Gasteiger partial charge in [0.05, 0.1) is 12.6 Å². The Labute approximate surface area is 113 Å². The van der Waals surface area contributed by atoms with Crippen molar-refractivity contribution in [2.24, 2.45) is 0 Å². The van der Waals surface area contributed by atoms with Crippen molar-refractivity contribution < 1.29 is 9.84 Å². The summed E-state index contributed by atoms with van der Waals surface area (Å²) in [5, 5.41) is 9.52. The first-order valence-electron chi connectivity index (χ1n) is 6.47. The van der Waals surface area contributed by atoms with Crippen molar-refractivity contribution in [2.45, 2.75) is 33.4 Å². The smallest absolute Gasteiger partial charge is 0.122 e. The first-order valence-corrected chi connectivity index (χ1v) is 6.47. The van der Waals surface area contributed by atoms with E-state index in [1.54, 1.807) is 13.1 Å². The van der Waals surface area contributed by atoms with E-state index < -0.39 is 6.10 Å². The molecule has 0 saturated heterocycles. The van der Waals surface area contributed by atoms with E-state index in [0.29, 0.717) is 6.61 Å². The molecular formula is C15H20N2O2. The second kappa shape index (κ2) is 5.89. The van der Waals surface area contributed by atoms with Crippen LogP contribution in [0.25, 0.3) is 0 Å². The van der Waals surface area contributed by atoms with Crippen LogP contribution in [0.15, 0.2) is 30.6 Å². The Hall–Kier alpha value is -1.81. The molecule has 2 aromatic rings. The molecule has 0 spiro atoms. The minimum atomic E-state index is -0.443. The molecule has 1 aromatic heterocycles. The number of hydrogen-bond acceptors (Lipinski definition) is 3. The molecule has 0 bridgehead atoms. The van der Waals surface area contributed by atoms with Gasteiger partial charge in [-0.1, -0.05) is 6.07 Å². The summed E-state index contributed by atoms with van der Waals surface area (Å²) in [4.78, 5) is 4.17. The number of rotatable bonds is 5. The van der Waals surface area contributed by atoms with Crippen molar-refractivity contribution in [3.8, 4) is 5.75 Å². The Morgan fingerprint density at radius 3 is 2.74 bits per heavy atom. The molecule has 1 atom stereocenters. The van der Waals surface area contributed by atoms with Crippen molar-refractivity contribution in [3.05, 3.63) is 47.5 Å². The van der Waals surface area contributed by atoms with Gasteiger partial charge in [0, 0.05) is 12.4 Å². The summed E-state index contributed by atoms with van der Waals surface area (Å²) in [7, 11) is 0. The SMILES string of the molecule is Cc1cc(C(C)O)ccc1OCCn1ccnc1C. The molecule has 0 fully saturated rings. The van der Waals surface area contributed by atoms with E-state index in [0.717, 1.165) is 29.2 Å². The molecule has 0 aliphatic heterocycles. The van der Waals surface area contributed by atoms with Gasteiger partial charge >= 0.3 is 0 Å². The molecule has 1 N–H and O–H groups in total. The van der Waals surface area contributed by atoms with Gasteiger partial charge in [0.25, 0.3) is 0 Å². The van der Waals surface area contributed by atoms with Gasteiger partial charge in [0.15, 0.2) is 0 Å². The molecule has 2 rings (SSSR count). The van der Waals surface area contributed by atoms with Gasteiger partial charge in [0.2, 0.25) is 0 Å². The van der Waals surface area contributed by atoms with Crippen LogP contribution in [0.3, 0.4) is 0 Å². The van der Waals surface area contributed by atoms with Crippen LogP contribution in [0, 0.1) is 13.8 Å². The summed E-state index contributed by atoms with van der Waals surface area (Å²) in [6, 6.07) is 5.77. The maximum Gasteiger partial charge on any atom is 0.122 e. The Morgan fingerprint density at radius 2 is 2.16 bits per heavy atom. The Kier molecular flexibility index (Phi) is 4.22. The predicted molar refractivity (Wildman–Crippen MR) is 74.3 cm³/mol. The van der Waals surface area contributed by atoms with Gasteiger partial charge in [-0.05, 0) is 44.0 Å². The van der Waals surface area contributed by atoms with Gasteiger partial charge in [-0.2, -0.15) is 0 Å². The lowest BCUT2D eigenvalue weighted by Crippen LogP contribution is -2.09. The third kappa shape index (κ3) is 3.35. The third-order valence-electron chi connectivity index (χ3n) is 3.19. The summed E-state index contributed by atoms with van der Waals surface area (Å²) in [6.07, 6.45) is 3.29. The van der Waals surface area contributed by atoms with Crippen LogP contribution in [-0.4, -0.2) is 21.3 Å². The molecule has 4 nitrogen and oxygen atoms in total. The molecule has 0 radical (unpaired) electrons. The lowest BCUT2D eigenvalue weighted by molar-refractivity contribution is 0.199. The highest BCUT2D eigenvalue weighted by atomic mass is 16.5. The van der Waals surface area contributed by atoms with Crippen molar-refractivity contribution in [1.82, 2.24) is 9.55 Å². The highest BCUT2D eigenvalue weighted by Crippen LogP contribution is 2.22. The monoisotopic (exact) mass is 260 g/mol. The first kappa shape index (κ1) is 13.6. The largest absolute Gasteiger partial charge is 0.491 e. The fourth-order valence-corrected chi connectivity index (χ4v) is 1.99. The molecule has 19 heavy (non-hydrogen) atoms. The molecule has 0 saturated carbocycles. The molecule has 102 valence electrons. The number of imidazole rings is 1. The van der Waals surface area contributed by atoms with E-state index in [-0.39, 0.29) is 0 Å². The van der Waals surface area contributed by atoms with Crippen molar-refractivity contribution in [2.75, 3.05) is 6.61 Å². The standard InChI is InChI=1S/C15H20N2O2/c1-11-10-14(12(2)18)4-5-15(11)19-9-8-17-7-6-16-13(17)3/h4-7,10,12,18H,8-9H2,1-3H3. The lowest BCUT2D eigenvalue weighted by atomic mass is 10.1. The van der Waals surface area contributed by atoms with Crippen molar-refractivity contribution in [3.63, 3.8) is 0 Å². The van der Waals surface area contributed by atoms with Crippen LogP contribution in [0.1, 0.15) is 30.0 Å². The average Bonchev–Trinajstić information content (AvgIpc) is 2.77. The fraction of sp³-hybridized carbons (Fsp3) is 0.400. The van der Waals surface area contributed by atoms with E-state index in [1.807, 2.05) is 38.2 Å². The number of aliphatic hydroxyl groups is 1. The van der Waals surface area contributed by atoms with Crippen LogP contribution >= 0.6 is 0 Å². The predicted octanol–water partition coefficient (Wildman–Crippen LogP) is 2.63. The van der Waals surface area contributed by atoms with Crippen LogP contribution < -0.4 is 4.74 Å². The van der Waals surface area contributed by atoms with E-state index in [9.17, 15) is 5.11 Å². The number of hydrogen-bond donors (Lipinski definition) is 1. The number of aromatic nitrogens is 2. The van der Waals surface area contributed by atoms with Crippen LogP contribution in [0.4, 0.5) is 0 Å². The summed E-state index contributed by atoms with van der Waals surface area (Å²) >= 11 is 0. The van der Waals surface area contributed by atoms with Gasteiger partial charge in [0.1, 0.15) is 18.2 Å². The molecule has 1 unspecified atom stereocenters. The topological polar surface area (TPSA) is 47.3 Å². The first-order chi connectivity index (χ1) is 9.08. The zero-order chi connectivity index (χ0) is 13.8. The van der Waals surface area contributed by atoms with Gasteiger partial charge in [-0.3, -0.25) is 0 Å². The number of aliphatic hydroxyl groups excluding tert-OH is 1. The second-order valence-electron chi connectivity index (χ2n) is 4.72. The summed E-state index contributed by atoms with van der Waals surface area (Å²) in [5.74, 6) is 1.85. The van der Waals surface area contributed by atoms with Crippen LogP contribution in [0.2, 0.25) is 0 Å². The summed E-state index contributed by atoms with van der Waals surface area (Å²) in [6.45, 7) is 7.11. The highest BCUT2D eigenvalue weighted by Gasteiger charge is 2.05. The summed E-state index contributed by atoms with van der Waals surface area (Å²) in [5.41, 5.74) is 1.95. The zero-order valence-corrected chi connectivity index (χ0v) is 11.6. The number of nitrogens with zero attached hydrogens (tertiary/aromatic N) is 2. The molecule has 0 amide bonds. The van der Waals surface area contributed by atoms with E-state index >= 15 is 0 Å². The maximum atomic E-state index is 9.52. The molecule has 4 heteroatoms. The van der Waals surface area contributed by atoms with E-state index in [2.05, 4.69) is 9.55 Å². The maximum absolute atomic E-state index is 9.52. The van der Waals surface area contributed by atoms with Gasteiger partial charge in [-0.15, -0.1) is 0 Å². The highest BCUT2D eigenvalue weighted by molar-refractivity contribution is 5.36. The molecule has 0 aliphatic rings. The number of ether oxygens (including phenoxy) is 1. The molecule has 1 aromatic carbocycles. The molecule has 0 aliphatic carbocycles. The Morgan fingerprint density at radius 1 is 1.37 bits per heavy atom. The van der Waals surface area contributed by atoms with Crippen molar-refractivity contribution >= 4 is 0 Å². The quantitative estimate of drug-likeness (QED) is 0.899. The van der Waals surface area contributed by atoms with Gasteiger partial charge < -0.3 is 14.4 Å². The van der Waals surface area contributed by atoms with E-state index in [1.165, 1.54) is 0 Å². The number of aryl methyl sites for hydroxylation is 2. The van der Waals surface area contributed by atoms with Crippen molar-refractivity contribution in [1.29, 1.82) is 0 Å². The van der Waals surface area contributed by atoms with E-state index in [4.69, 9.17) is 4.74 Å². The Balaban J connectivity index is 1.95. The summed E-state index contributed by atoms with van der Waals surface area (Å²) < 4.78 is 7.82. The lowest BCUT2D eigenvalue weighted by Gasteiger charge is -2.12. The van der Waals surface area contributed by atoms with Crippen LogP contribution in [0.5, 0.6) is 5.75 Å². The minimum Gasteiger partial charge on any atom is -0.491 e. The third-order valence-corrected chi connectivity index (χ3v) is 3.19. The molecular weight excluding hydrogens is 240 g/mol. The van der Waals surface area contributed by atoms with Gasteiger partial charge in [-0.25, -0.2) is 4.98 Å². The normalized spacial score (nSPS) is 12.4. The van der Waals surface area contributed by atoms with Crippen LogP contribution in [-0.2, 0) is 6.54 Å². The second-order valence-corrected chi connectivity index (χ2v) is 4.72. The number of benzene rings is 1. The minimum absolute atomic E-state index is 0.443. The zero-order valence-electron chi connectivity index (χ0n) is 11.6.